The van der Waals surface area contributed by atoms with E-state index in [2.05, 4.69) is 0 Å². The van der Waals surface area contributed by atoms with Crippen molar-refractivity contribution in [1.82, 2.24) is 4.90 Å². The van der Waals surface area contributed by atoms with Gasteiger partial charge in [-0.3, -0.25) is 9.59 Å². The summed E-state index contributed by atoms with van der Waals surface area (Å²) in [6, 6.07) is -0.000283. The minimum atomic E-state index is -0.902. The van der Waals surface area contributed by atoms with Gasteiger partial charge in [0.15, 0.2) is 0 Å². The van der Waals surface area contributed by atoms with E-state index in [9.17, 15) is 9.59 Å². The monoisotopic (exact) mass is 215 g/mol. The second-order valence-electron chi connectivity index (χ2n) is 4.14. The van der Waals surface area contributed by atoms with Gasteiger partial charge in [-0.15, -0.1) is 0 Å². The number of aliphatic hydroxyl groups is 1. The number of nitrogens with zero attached hydrogens (tertiary/aromatic N) is 1. The SMILES string of the molecule is CC(C)N(CCO)C(=O)[C@@H]1C[C@@H]1C(=O)O. The highest BCUT2D eigenvalue weighted by molar-refractivity contribution is 5.89. The summed E-state index contributed by atoms with van der Waals surface area (Å²) in [5, 5.41) is 17.5. The predicted molar refractivity (Wildman–Crippen MR) is 53.2 cm³/mol. The third kappa shape index (κ3) is 2.68. The van der Waals surface area contributed by atoms with Crippen LogP contribution in [0.2, 0.25) is 0 Å². The summed E-state index contributed by atoms with van der Waals surface area (Å²) in [6.45, 7) is 3.89. The fraction of sp³-hybridized carbons (Fsp3) is 0.800. The summed E-state index contributed by atoms with van der Waals surface area (Å²) in [6.07, 6.45) is 0.433. The molecule has 0 aliphatic heterocycles. The van der Waals surface area contributed by atoms with Crippen LogP contribution in [0.1, 0.15) is 20.3 Å². The first-order valence-electron chi connectivity index (χ1n) is 5.13. The average Bonchev–Trinajstić information content (AvgIpc) is 2.91. The molecule has 1 rings (SSSR count). The van der Waals surface area contributed by atoms with Gasteiger partial charge in [0.25, 0.3) is 0 Å². The van der Waals surface area contributed by atoms with Gasteiger partial charge in [-0.2, -0.15) is 0 Å². The molecule has 2 N–H and O–H groups in total. The third-order valence-electron chi connectivity index (χ3n) is 2.67. The van der Waals surface area contributed by atoms with E-state index in [1.807, 2.05) is 13.8 Å². The standard InChI is InChI=1S/C10H17NO4/c1-6(2)11(3-4-12)9(13)7-5-8(7)10(14)15/h6-8,12H,3-5H2,1-2H3,(H,14,15)/t7-,8+/m1/s1. The number of carboxylic acid groups (broad SMARTS) is 1. The molecule has 0 spiro atoms. The first-order valence-corrected chi connectivity index (χ1v) is 5.13. The van der Waals surface area contributed by atoms with E-state index in [1.165, 1.54) is 4.90 Å². The highest BCUT2D eigenvalue weighted by Crippen LogP contribution is 2.40. The first kappa shape index (κ1) is 12.0. The smallest absolute Gasteiger partial charge is 0.307 e. The fourth-order valence-corrected chi connectivity index (χ4v) is 1.68. The molecule has 1 aliphatic rings. The Labute approximate surface area is 88.7 Å². The van der Waals surface area contributed by atoms with Crippen molar-refractivity contribution in [3.8, 4) is 0 Å². The molecule has 0 bridgehead atoms. The van der Waals surface area contributed by atoms with E-state index in [-0.39, 0.29) is 31.0 Å². The molecular formula is C10H17NO4. The maximum absolute atomic E-state index is 11.8. The van der Waals surface area contributed by atoms with E-state index in [0.717, 1.165) is 0 Å². The molecule has 1 fully saturated rings. The van der Waals surface area contributed by atoms with Crippen LogP contribution in [0.3, 0.4) is 0 Å². The molecule has 0 saturated heterocycles. The van der Waals surface area contributed by atoms with Crippen LogP contribution in [0.5, 0.6) is 0 Å². The molecule has 0 aromatic carbocycles. The zero-order valence-electron chi connectivity index (χ0n) is 9.01. The molecule has 1 amide bonds. The summed E-state index contributed by atoms with van der Waals surface area (Å²) in [5.41, 5.74) is 0. The van der Waals surface area contributed by atoms with Crippen LogP contribution in [-0.4, -0.2) is 46.2 Å². The lowest BCUT2D eigenvalue weighted by Gasteiger charge is -2.26. The topological polar surface area (TPSA) is 77.8 Å². The molecule has 1 aliphatic carbocycles. The number of carbonyl (C=O) groups is 2. The van der Waals surface area contributed by atoms with Crippen molar-refractivity contribution in [3.63, 3.8) is 0 Å². The van der Waals surface area contributed by atoms with E-state index in [4.69, 9.17) is 10.2 Å². The Morgan fingerprint density at radius 3 is 2.33 bits per heavy atom. The van der Waals surface area contributed by atoms with Crippen molar-refractivity contribution in [3.05, 3.63) is 0 Å². The highest BCUT2D eigenvalue weighted by atomic mass is 16.4. The predicted octanol–water partition coefficient (Wildman–Crippen LogP) is -0.0636. The molecule has 0 heterocycles. The lowest BCUT2D eigenvalue weighted by Crippen LogP contribution is -2.40. The molecule has 5 heteroatoms. The number of hydrogen-bond acceptors (Lipinski definition) is 3. The van der Waals surface area contributed by atoms with Gasteiger partial charge in [0.05, 0.1) is 18.4 Å². The number of aliphatic hydroxyl groups excluding tert-OH is 1. The Bertz CT molecular complexity index is 264. The number of carboxylic acids is 1. The van der Waals surface area contributed by atoms with Crippen LogP contribution in [0.15, 0.2) is 0 Å². The Morgan fingerprint density at radius 1 is 1.40 bits per heavy atom. The van der Waals surface area contributed by atoms with Crippen molar-refractivity contribution in [2.45, 2.75) is 26.3 Å². The Balaban J connectivity index is 2.55. The molecule has 0 unspecified atom stereocenters. The van der Waals surface area contributed by atoms with E-state index >= 15 is 0 Å². The lowest BCUT2D eigenvalue weighted by molar-refractivity contribution is -0.142. The van der Waals surface area contributed by atoms with Gasteiger partial charge in [-0.25, -0.2) is 0 Å². The van der Waals surface area contributed by atoms with Crippen LogP contribution < -0.4 is 0 Å². The van der Waals surface area contributed by atoms with Crippen molar-refractivity contribution >= 4 is 11.9 Å². The zero-order valence-corrected chi connectivity index (χ0v) is 9.01. The summed E-state index contributed by atoms with van der Waals surface area (Å²) in [7, 11) is 0. The van der Waals surface area contributed by atoms with Gasteiger partial charge >= 0.3 is 5.97 Å². The molecule has 2 atom stereocenters. The van der Waals surface area contributed by atoms with Gasteiger partial charge in [0.1, 0.15) is 0 Å². The second kappa shape index (κ2) is 4.61. The molecule has 15 heavy (non-hydrogen) atoms. The number of rotatable bonds is 5. The summed E-state index contributed by atoms with van der Waals surface area (Å²) >= 11 is 0. The maximum atomic E-state index is 11.8. The maximum Gasteiger partial charge on any atom is 0.307 e. The van der Waals surface area contributed by atoms with Crippen molar-refractivity contribution in [2.24, 2.45) is 11.8 Å². The van der Waals surface area contributed by atoms with Crippen molar-refractivity contribution < 1.29 is 19.8 Å². The van der Waals surface area contributed by atoms with Gasteiger partial charge in [0, 0.05) is 12.6 Å². The average molecular weight is 215 g/mol. The number of hydrogen-bond donors (Lipinski definition) is 2. The van der Waals surface area contributed by atoms with Gasteiger partial charge < -0.3 is 15.1 Å². The molecule has 86 valence electrons. The molecule has 0 radical (unpaired) electrons. The van der Waals surface area contributed by atoms with Crippen molar-refractivity contribution in [1.29, 1.82) is 0 Å². The summed E-state index contributed by atoms with van der Waals surface area (Å²) in [5.74, 6) is -1.94. The molecule has 1 saturated carbocycles. The van der Waals surface area contributed by atoms with Gasteiger partial charge in [0.2, 0.25) is 5.91 Å². The fourth-order valence-electron chi connectivity index (χ4n) is 1.68. The minimum Gasteiger partial charge on any atom is -0.481 e. The highest BCUT2D eigenvalue weighted by Gasteiger charge is 2.49. The summed E-state index contributed by atoms with van der Waals surface area (Å²) in [4.78, 5) is 23.9. The van der Waals surface area contributed by atoms with E-state index in [1.54, 1.807) is 0 Å². The Hall–Kier alpha value is -1.10. The first-order chi connectivity index (χ1) is 6.99. The van der Waals surface area contributed by atoms with Crippen LogP contribution in [0.4, 0.5) is 0 Å². The van der Waals surface area contributed by atoms with Crippen LogP contribution >= 0.6 is 0 Å². The lowest BCUT2D eigenvalue weighted by atomic mass is 10.2. The molecular weight excluding hydrogens is 198 g/mol. The summed E-state index contributed by atoms with van der Waals surface area (Å²) < 4.78 is 0. The third-order valence-corrected chi connectivity index (χ3v) is 2.67. The Morgan fingerprint density at radius 2 is 2.00 bits per heavy atom. The second-order valence-corrected chi connectivity index (χ2v) is 4.14. The van der Waals surface area contributed by atoms with E-state index in [0.29, 0.717) is 6.42 Å². The van der Waals surface area contributed by atoms with Crippen molar-refractivity contribution in [2.75, 3.05) is 13.2 Å². The number of aliphatic carboxylic acids is 1. The van der Waals surface area contributed by atoms with Gasteiger partial charge in [-0.1, -0.05) is 0 Å². The molecule has 5 nitrogen and oxygen atoms in total. The number of carbonyl (C=O) groups excluding carboxylic acids is 1. The quantitative estimate of drug-likeness (QED) is 0.673. The van der Waals surface area contributed by atoms with Gasteiger partial charge in [-0.05, 0) is 20.3 Å². The largest absolute Gasteiger partial charge is 0.481 e. The van der Waals surface area contributed by atoms with Crippen LogP contribution in [-0.2, 0) is 9.59 Å². The molecule has 0 aromatic rings. The minimum absolute atomic E-state index is 0.000283. The zero-order chi connectivity index (χ0) is 11.6. The van der Waals surface area contributed by atoms with Crippen LogP contribution in [0, 0.1) is 11.8 Å². The van der Waals surface area contributed by atoms with Crippen LogP contribution in [0.25, 0.3) is 0 Å². The molecule has 0 aromatic heterocycles. The normalized spacial score (nSPS) is 24.0. The number of amides is 1. The Kier molecular flexibility index (Phi) is 3.68. The van der Waals surface area contributed by atoms with E-state index < -0.39 is 11.9 Å².